The van der Waals surface area contributed by atoms with E-state index in [1.165, 1.54) is 0 Å². The van der Waals surface area contributed by atoms with Crippen LogP contribution < -0.4 is 32.3 Å². The summed E-state index contributed by atoms with van der Waals surface area (Å²) in [5, 5.41) is 39.6. The molecular formula is C26H46N6O10. The Kier molecular flexibility index (Phi) is 16.9. The number of hydrogen-bond acceptors (Lipinski definition) is 9. The number of carboxylic acid groups (broad SMARTS) is 2. The van der Waals surface area contributed by atoms with Crippen molar-refractivity contribution < 1.29 is 48.9 Å². The van der Waals surface area contributed by atoms with E-state index in [1.807, 2.05) is 13.8 Å². The second kappa shape index (κ2) is 18.6. The van der Waals surface area contributed by atoms with Gasteiger partial charge in [0.25, 0.3) is 0 Å². The van der Waals surface area contributed by atoms with Gasteiger partial charge in [-0.3, -0.25) is 28.8 Å². The average molecular weight is 603 g/mol. The average Bonchev–Trinajstić information content (AvgIpc) is 2.86. The van der Waals surface area contributed by atoms with Crippen molar-refractivity contribution in [1.82, 2.24) is 26.6 Å². The molecule has 0 aromatic rings. The molecule has 0 aliphatic carbocycles. The molecule has 0 aliphatic rings. The number of rotatable bonds is 19. The van der Waals surface area contributed by atoms with Crippen molar-refractivity contribution in [2.24, 2.45) is 23.5 Å². The molecule has 0 bridgehead atoms. The Balaban J connectivity index is 5.27. The Labute approximate surface area is 244 Å². The molecule has 16 heteroatoms. The van der Waals surface area contributed by atoms with Crippen LogP contribution in [0.2, 0.25) is 0 Å². The van der Waals surface area contributed by atoms with Gasteiger partial charge in [-0.15, -0.1) is 0 Å². The Morgan fingerprint density at radius 2 is 1.21 bits per heavy atom. The molecule has 240 valence electrons. The van der Waals surface area contributed by atoms with Crippen LogP contribution in [-0.2, 0) is 33.6 Å². The number of aliphatic hydroxyl groups excluding tert-OH is 1. The topological polar surface area (TPSA) is 266 Å². The lowest BCUT2D eigenvalue weighted by Crippen LogP contribution is -2.59. The first-order valence-corrected chi connectivity index (χ1v) is 13.7. The molecule has 16 nitrogen and oxygen atoms in total. The molecule has 5 atom stereocenters. The highest BCUT2D eigenvalue weighted by molar-refractivity contribution is 5.96. The van der Waals surface area contributed by atoms with Crippen molar-refractivity contribution in [3.63, 3.8) is 0 Å². The lowest BCUT2D eigenvalue weighted by atomic mass is 10.00. The summed E-state index contributed by atoms with van der Waals surface area (Å²) >= 11 is 0. The molecule has 42 heavy (non-hydrogen) atoms. The standard InChI is InChI=1S/C26H46N6O10/c1-12(2)7-15(27)22(37)30-16(9-20(35)36)23(38)28-10-19(34)29-18(11-33)24(39)32-21(14(5)6)25(40)31-17(26(41)42)8-13(3)4/h12-18,21,33H,7-11,27H2,1-6H3,(H,28,38)(H,29,34)(H,30,37)(H,31,40)(H,32,39)(H,35,36)(H,41,42)/t15-,16-,17-,18-,21-/m0/s1. The highest BCUT2D eigenvalue weighted by Gasteiger charge is 2.32. The van der Waals surface area contributed by atoms with Gasteiger partial charge in [-0.1, -0.05) is 41.5 Å². The van der Waals surface area contributed by atoms with E-state index in [9.17, 15) is 43.8 Å². The fourth-order valence-electron chi connectivity index (χ4n) is 3.75. The van der Waals surface area contributed by atoms with Crippen molar-refractivity contribution in [2.45, 2.75) is 91.0 Å². The Morgan fingerprint density at radius 3 is 1.67 bits per heavy atom. The van der Waals surface area contributed by atoms with Gasteiger partial charge in [-0.05, 0) is 30.6 Å². The maximum Gasteiger partial charge on any atom is 0.326 e. The van der Waals surface area contributed by atoms with Crippen molar-refractivity contribution >= 4 is 41.5 Å². The van der Waals surface area contributed by atoms with Gasteiger partial charge in [0, 0.05) is 0 Å². The van der Waals surface area contributed by atoms with Gasteiger partial charge in [0.15, 0.2) is 0 Å². The fraction of sp³-hybridized carbons (Fsp3) is 0.731. The van der Waals surface area contributed by atoms with Gasteiger partial charge in [-0.2, -0.15) is 0 Å². The Morgan fingerprint density at radius 1 is 0.667 bits per heavy atom. The van der Waals surface area contributed by atoms with Crippen LogP contribution in [0.5, 0.6) is 0 Å². The van der Waals surface area contributed by atoms with Crippen LogP contribution in [0.25, 0.3) is 0 Å². The van der Waals surface area contributed by atoms with Gasteiger partial charge in [0.05, 0.1) is 25.6 Å². The minimum absolute atomic E-state index is 0.0360. The number of carbonyl (C=O) groups excluding carboxylic acids is 5. The van der Waals surface area contributed by atoms with Crippen LogP contribution in [0.15, 0.2) is 0 Å². The number of carboxylic acids is 2. The van der Waals surface area contributed by atoms with Crippen molar-refractivity contribution in [3.8, 4) is 0 Å². The van der Waals surface area contributed by atoms with E-state index in [4.69, 9.17) is 10.8 Å². The summed E-state index contributed by atoms with van der Waals surface area (Å²) in [6.45, 7) is 8.81. The van der Waals surface area contributed by atoms with Gasteiger partial charge < -0.3 is 47.6 Å². The molecule has 0 saturated carbocycles. The second-order valence-corrected chi connectivity index (χ2v) is 11.2. The van der Waals surface area contributed by atoms with E-state index in [0.717, 1.165) is 0 Å². The first-order chi connectivity index (χ1) is 19.4. The van der Waals surface area contributed by atoms with Crippen LogP contribution >= 0.6 is 0 Å². The van der Waals surface area contributed by atoms with E-state index in [0.29, 0.717) is 0 Å². The van der Waals surface area contributed by atoms with Gasteiger partial charge in [0.2, 0.25) is 29.5 Å². The molecule has 0 rings (SSSR count). The maximum atomic E-state index is 12.8. The smallest absolute Gasteiger partial charge is 0.326 e. The van der Waals surface area contributed by atoms with Gasteiger partial charge in [-0.25, -0.2) is 4.79 Å². The first-order valence-electron chi connectivity index (χ1n) is 13.7. The molecule has 5 amide bonds. The predicted octanol–water partition coefficient (Wildman–Crippen LogP) is -2.33. The summed E-state index contributed by atoms with van der Waals surface area (Å²) in [6, 6.07) is -6.44. The number of carbonyl (C=O) groups is 7. The van der Waals surface area contributed by atoms with Crippen LogP contribution in [0.3, 0.4) is 0 Å². The Bertz CT molecular complexity index is 971. The highest BCUT2D eigenvalue weighted by atomic mass is 16.4. The summed E-state index contributed by atoms with van der Waals surface area (Å²) in [6.07, 6.45) is -0.339. The monoisotopic (exact) mass is 602 g/mol. The largest absolute Gasteiger partial charge is 0.481 e. The lowest BCUT2D eigenvalue weighted by Gasteiger charge is -2.26. The van der Waals surface area contributed by atoms with Crippen molar-refractivity contribution in [3.05, 3.63) is 0 Å². The highest BCUT2D eigenvalue weighted by Crippen LogP contribution is 2.08. The minimum Gasteiger partial charge on any atom is -0.481 e. The molecule has 0 fully saturated rings. The number of nitrogens with two attached hydrogens (primary N) is 1. The maximum absolute atomic E-state index is 12.8. The molecule has 0 unspecified atom stereocenters. The SMILES string of the molecule is CC(C)C[C@H](NC(=O)[C@@H](NC(=O)[C@H](CO)NC(=O)CNC(=O)[C@H](CC(=O)O)NC(=O)[C@@H](N)CC(C)C)C(C)C)C(=O)O. The van der Waals surface area contributed by atoms with E-state index in [-0.39, 0.29) is 24.7 Å². The van der Waals surface area contributed by atoms with Crippen LogP contribution in [-0.4, -0.2) is 100 Å². The van der Waals surface area contributed by atoms with E-state index < -0.39 is 97.2 Å². The summed E-state index contributed by atoms with van der Waals surface area (Å²) in [7, 11) is 0. The first kappa shape index (κ1) is 38.2. The number of hydrogen-bond donors (Lipinski definition) is 9. The zero-order valence-corrected chi connectivity index (χ0v) is 24.9. The minimum atomic E-state index is -1.54. The van der Waals surface area contributed by atoms with E-state index >= 15 is 0 Å². The van der Waals surface area contributed by atoms with Crippen LogP contribution in [0.4, 0.5) is 0 Å². The molecule has 0 aliphatic heterocycles. The summed E-state index contributed by atoms with van der Waals surface area (Å²) < 4.78 is 0. The van der Waals surface area contributed by atoms with Gasteiger partial charge >= 0.3 is 11.9 Å². The molecule has 0 spiro atoms. The normalized spacial score (nSPS) is 14.7. The van der Waals surface area contributed by atoms with Crippen LogP contribution in [0.1, 0.15) is 60.8 Å². The van der Waals surface area contributed by atoms with Crippen molar-refractivity contribution in [1.29, 1.82) is 0 Å². The third-order valence-electron chi connectivity index (χ3n) is 5.90. The molecular weight excluding hydrogens is 556 g/mol. The summed E-state index contributed by atoms with van der Waals surface area (Å²) in [4.78, 5) is 85.5. The fourth-order valence-corrected chi connectivity index (χ4v) is 3.75. The number of nitrogens with one attached hydrogen (secondary N) is 5. The lowest BCUT2D eigenvalue weighted by molar-refractivity contribution is -0.143. The zero-order valence-electron chi connectivity index (χ0n) is 24.9. The van der Waals surface area contributed by atoms with Gasteiger partial charge in [0.1, 0.15) is 24.2 Å². The Hall–Kier alpha value is -3.79. The van der Waals surface area contributed by atoms with Crippen molar-refractivity contribution in [2.75, 3.05) is 13.2 Å². The quantitative estimate of drug-likeness (QED) is 0.0756. The van der Waals surface area contributed by atoms with Crippen LogP contribution in [0, 0.1) is 17.8 Å². The van der Waals surface area contributed by atoms with E-state index in [2.05, 4.69) is 26.6 Å². The molecule has 0 radical (unpaired) electrons. The van der Waals surface area contributed by atoms with E-state index in [1.54, 1.807) is 27.7 Å². The molecule has 0 heterocycles. The number of amides is 5. The molecule has 0 saturated heterocycles. The third-order valence-corrected chi connectivity index (χ3v) is 5.90. The number of aliphatic hydroxyl groups is 1. The summed E-state index contributed by atoms with van der Waals surface area (Å²) in [5.74, 6) is -7.48. The summed E-state index contributed by atoms with van der Waals surface area (Å²) in [5.41, 5.74) is 5.78. The predicted molar refractivity (Wildman–Crippen MR) is 149 cm³/mol. The molecule has 0 aromatic heterocycles. The molecule has 10 N–H and O–H groups in total. The zero-order chi connectivity index (χ0) is 32.7. The third kappa shape index (κ3) is 14.7. The number of aliphatic carboxylic acids is 2. The second-order valence-electron chi connectivity index (χ2n) is 11.2. The molecule has 0 aromatic carbocycles.